The van der Waals surface area contributed by atoms with Gasteiger partial charge in [0.05, 0.1) is 11.0 Å². The number of H-pyrrole nitrogens is 1. The van der Waals surface area contributed by atoms with Crippen LogP contribution in [0.15, 0.2) is 36.4 Å². The van der Waals surface area contributed by atoms with Crippen LogP contribution in [-0.2, 0) is 0 Å². The molecule has 0 radical (unpaired) electrons. The van der Waals surface area contributed by atoms with Gasteiger partial charge in [-0.25, -0.2) is 4.98 Å². The van der Waals surface area contributed by atoms with Crippen molar-refractivity contribution in [3.05, 3.63) is 47.5 Å². The molecule has 7 heteroatoms. The van der Waals surface area contributed by atoms with Crippen LogP contribution < -0.4 is 10.1 Å². The fraction of sp³-hybridized carbons (Fsp3) is 0.435. The smallest absolute Gasteiger partial charge is 0.387 e. The first-order chi connectivity index (χ1) is 14.5. The molecule has 1 aromatic heterocycles. The third kappa shape index (κ3) is 4.63. The fourth-order valence-electron chi connectivity index (χ4n) is 4.27. The minimum Gasteiger partial charge on any atom is -0.435 e. The summed E-state index contributed by atoms with van der Waals surface area (Å²) in [7, 11) is 1.99. The maximum Gasteiger partial charge on any atom is 0.387 e. The van der Waals surface area contributed by atoms with Gasteiger partial charge < -0.3 is 19.9 Å². The van der Waals surface area contributed by atoms with Gasteiger partial charge in [0.25, 0.3) is 0 Å². The minimum absolute atomic E-state index is 0.130. The van der Waals surface area contributed by atoms with E-state index in [0.29, 0.717) is 11.7 Å². The topological polar surface area (TPSA) is 53.2 Å². The van der Waals surface area contributed by atoms with Crippen LogP contribution in [0.3, 0.4) is 0 Å². The van der Waals surface area contributed by atoms with Gasteiger partial charge in [-0.3, -0.25) is 0 Å². The molecule has 0 saturated carbocycles. The molecule has 0 atom stereocenters. The van der Waals surface area contributed by atoms with E-state index in [2.05, 4.69) is 39.0 Å². The number of likely N-dealkylation sites (N-methyl/N-ethyl adjacent to an activating group) is 1. The number of rotatable bonds is 7. The number of hydrogen-bond donors (Lipinski definition) is 2. The summed E-state index contributed by atoms with van der Waals surface area (Å²) in [6.07, 6.45) is 2.31. The van der Waals surface area contributed by atoms with E-state index in [1.807, 2.05) is 13.1 Å². The van der Waals surface area contributed by atoms with Gasteiger partial charge in [0.15, 0.2) is 0 Å². The Kier molecular flexibility index (Phi) is 6.29. The minimum atomic E-state index is -2.84. The number of alkyl halides is 2. The summed E-state index contributed by atoms with van der Waals surface area (Å²) in [5.41, 5.74) is 5.10. The Bertz CT molecular complexity index is 996. The van der Waals surface area contributed by atoms with E-state index in [9.17, 15) is 8.78 Å². The average Bonchev–Trinajstić information content (AvgIpc) is 3.17. The Morgan fingerprint density at radius 1 is 1.23 bits per heavy atom. The van der Waals surface area contributed by atoms with Crippen molar-refractivity contribution in [2.45, 2.75) is 32.3 Å². The quantitative estimate of drug-likeness (QED) is 0.596. The number of nitrogens with zero attached hydrogens (tertiary/aromatic N) is 2. The van der Waals surface area contributed by atoms with E-state index in [4.69, 9.17) is 4.98 Å². The summed E-state index contributed by atoms with van der Waals surface area (Å²) in [5, 5.41) is 3.22. The molecule has 2 heterocycles. The molecule has 0 unspecified atom stereocenters. The van der Waals surface area contributed by atoms with Crippen LogP contribution in [0.2, 0.25) is 0 Å². The molecular weight excluding hydrogens is 386 g/mol. The summed E-state index contributed by atoms with van der Waals surface area (Å²) in [6, 6.07) is 11.1. The number of imidazole rings is 1. The molecule has 1 saturated heterocycles. The molecular formula is C23H28F2N4O. The molecule has 2 N–H and O–H groups in total. The first-order valence-electron chi connectivity index (χ1n) is 10.5. The predicted octanol–water partition coefficient (Wildman–Crippen LogP) is 4.54. The number of aromatic amines is 1. The second kappa shape index (κ2) is 9.10. The summed E-state index contributed by atoms with van der Waals surface area (Å²) in [6.45, 7) is 3.60. The van der Waals surface area contributed by atoms with Crippen molar-refractivity contribution < 1.29 is 13.5 Å². The van der Waals surface area contributed by atoms with Crippen molar-refractivity contribution in [1.29, 1.82) is 0 Å². The molecule has 1 fully saturated rings. The molecule has 1 aliphatic heterocycles. The molecule has 0 bridgehead atoms. The SMILES string of the molecule is CNCCN1CCC(c2cc(C)c3nc(-c4cccc(OC(F)F)c4)[nH]c3c2)CC1. The Morgan fingerprint density at radius 2 is 2.03 bits per heavy atom. The van der Waals surface area contributed by atoms with Gasteiger partial charge in [-0.15, -0.1) is 0 Å². The zero-order chi connectivity index (χ0) is 21.1. The monoisotopic (exact) mass is 414 g/mol. The van der Waals surface area contributed by atoms with Gasteiger partial charge >= 0.3 is 6.61 Å². The molecule has 4 rings (SSSR count). The van der Waals surface area contributed by atoms with Gasteiger partial charge in [0.2, 0.25) is 0 Å². The van der Waals surface area contributed by atoms with Crippen molar-refractivity contribution in [2.24, 2.45) is 0 Å². The van der Waals surface area contributed by atoms with E-state index < -0.39 is 6.61 Å². The van der Waals surface area contributed by atoms with Gasteiger partial charge in [0.1, 0.15) is 11.6 Å². The number of piperidine rings is 1. The summed E-state index contributed by atoms with van der Waals surface area (Å²) >= 11 is 0. The summed E-state index contributed by atoms with van der Waals surface area (Å²) in [4.78, 5) is 10.6. The van der Waals surface area contributed by atoms with Crippen molar-refractivity contribution in [1.82, 2.24) is 20.2 Å². The van der Waals surface area contributed by atoms with Crippen molar-refractivity contribution in [3.63, 3.8) is 0 Å². The van der Waals surface area contributed by atoms with Gasteiger partial charge in [-0.05, 0) is 75.1 Å². The van der Waals surface area contributed by atoms with E-state index in [-0.39, 0.29) is 5.75 Å². The van der Waals surface area contributed by atoms with E-state index in [0.717, 1.165) is 61.2 Å². The lowest BCUT2D eigenvalue weighted by molar-refractivity contribution is -0.0498. The molecule has 0 amide bonds. The van der Waals surface area contributed by atoms with Crippen molar-refractivity contribution in [2.75, 3.05) is 33.2 Å². The lowest BCUT2D eigenvalue weighted by Gasteiger charge is -2.32. The van der Waals surface area contributed by atoms with Crippen LogP contribution in [0.4, 0.5) is 8.78 Å². The van der Waals surface area contributed by atoms with Gasteiger partial charge in [-0.1, -0.05) is 18.2 Å². The molecule has 1 aliphatic rings. The molecule has 3 aromatic rings. The Hall–Kier alpha value is -2.51. The van der Waals surface area contributed by atoms with Gasteiger partial charge in [0, 0.05) is 18.7 Å². The fourth-order valence-corrected chi connectivity index (χ4v) is 4.27. The lowest BCUT2D eigenvalue weighted by atomic mass is 9.88. The number of benzene rings is 2. The largest absolute Gasteiger partial charge is 0.435 e. The maximum atomic E-state index is 12.5. The molecule has 0 aliphatic carbocycles. The number of nitrogens with one attached hydrogen (secondary N) is 2. The van der Waals surface area contributed by atoms with Crippen LogP contribution in [0.25, 0.3) is 22.4 Å². The zero-order valence-electron chi connectivity index (χ0n) is 17.4. The van der Waals surface area contributed by atoms with Crippen LogP contribution in [-0.4, -0.2) is 54.7 Å². The highest BCUT2D eigenvalue weighted by atomic mass is 19.3. The number of hydrogen-bond acceptors (Lipinski definition) is 4. The van der Waals surface area contributed by atoms with E-state index in [1.165, 1.54) is 11.6 Å². The normalized spacial score (nSPS) is 15.9. The number of aromatic nitrogens is 2. The number of fused-ring (bicyclic) bond motifs is 1. The van der Waals surface area contributed by atoms with E-state index in [1.54, 1.807) is 12.1 Å². The zero-order valence-corrected chi connectivity index (χ0v) is 17.4. The van der Waals surface area contributed by atoms with Crippen molar-refractivity contribution in [3.8, 4) is 17.1 Å². The van der Waals surface area contributed by atoms with Crippen LogP contribution in [0, 0.1) is 6.92 Å². The average molecular weight is 415 g/mol. The Labute approximate surface area is 175 Å². The molecule has 2 aromatic carbocycles. The highest BCUT2D eigenvalue weighted by Gasteiger charge is 2.21. The molecule has 5 nitrogen and oxygen atoms in total. The third-order valence-corrected chi connectivity index (χ3v) is 5.87. The van der Waals surface area contributed by atoms with Crippen LogP contribution in [0.5, 0.6) is 5.75 Å². The first-order valence-corrected chi connectivity index (χ1v) is 10.5. The number of ether oxygens (including phenoxy) is 1. The number of halogens is 2. The predicted molar refractivity (Wildman–Crippen MR) is 115 cm³/mol. The Balaban J connectivity index is 1.55. The standard InChI is InChI=1S/C23H28F2N4O/c1-15-12-18(16-6-9-29(10-7-16)11-8-26-2)14-20-21(15)28-22(27-20)17-4-3-5-19(13-17)30-23(24)25/h3-5,12-14,16,23,26H,6-11H2,1-2H3,(H,27,28). The first kappa shape index (κ1) is 20.8. The molecule has 30 heavy (non-hydrogen) atoms. The molecule has 0 spiro atoms. The second-order valence-electron chi connectivity index (χ2n) is 7.95. The number of aryl methyl sites for hydroxylation is 1. The second-order valence-corrected chi connectivity index (χ2v) is 7.95. The summed E-state index contributed by atoms with van der Waals surface area (Å²) < 4.78 is 29.6. The summed E-state index contributed by atoms with van der Waals surface area (Å²) in [5.74, 6) is 1.34. The van der Waals surface area contributed by atoms with Crippen LogP contribution in [0.1, 0.15) is 29.9 Å². The number of likely N-dealkylation sites (tertiary alicyclic amines) is 1. The lowest BCUT2D eigenvalue weighted by Crippen LogP contribution is -2.37. The highest BCUT2D eigenvalue weighted by Crippen LogP contribution is 2.32. The maximum absolute atomic E-state index is 12.5. The van der Waals surface area contributed by atoms with Crippen molar-refractivity contribution >= 4 is 11.0 Å². The molecule has 160 valence electrons. The highest BCUT2D eigenvalue weighted by molar-refractivity contribution is 5.83. The van der Waals surface area contributed by atoms with E-state index >= 15 is 0 Å². The Morgan fingerprint density at radius 3 is 2.77 bits per heavy atom. The van der Waals surface area contributed by atoms with Gasteiger partial charge in [-0.2, -0.15) is 8.78 Å². The van der Waals surface area contributed by atoms with Crippen LogP contribution >= 0.6 is 0 Å². The third-order valence-electron chi connectivity index (χ3n) is 5.87.